The summed E-state index contributed by atoms with van der Waals surface area (Å²) in [6, 6.07) is -1.01. The summed E-state index contributed by atoms with van der Waals surface area (Å²) in [5, 5.41) is 11.7. The van der Waals surface area contributed by atoms with Crippen LogP contribution < -0.4 is 5.32 Å². The van der Waals surface area contributed by atoms with Gasteiger partial charge >= 0.3 is 12.0 Å². The van der Waals surface area contributed by atoms with Crippen molar-refractivity contribution < 1.29 is 19.4 Å². The van der Waals surface area contributed by atoms with E-state index in [-0.39, 0.29) is 25.1 Å². The van der Waals surface area contributed by atoms with E-state index in [1.165, 1.54) is 4.90 Å². The van der Waals surface area contributed by atoms with Gasteiger partial charge in [-0.2, -0.15) is 0 Å². The van der Waals surface area contributed by atoms with E-state index >= 15 is 0 Å². The van der Waals surface area contributed by atoms with E-state index in [2.05, 4.69) is 15.3 Å². The molecule has 1 aliphatic heterocycles. The number of morpholine rings is 1. The fourth-order valence-electron chi connectivity index (χ4n) is 2.14. The molecule has 8 heteroatoms. The van der Waals surface area contributed by atoms with Gasteiger partial charge in [0.15, 0.2) is 0 Å². The maximum absolute atomic E-state index is 12.2. The summed E-state index contributed by atoms with van der Waals surface area (Å²) >= 11 is 0. The monoisotopic (exact) mass is 282 g/mol. The topological polar surface area (TPSA) is 108 Å². The molecule has 1 aromatic heterocycles. The van der Waals surface area contributed by atoms with E-state index in [0.717, 1.165) is 0 Å². The van der Waals surface area contributed by atoms with Crippen LogP contribution in [0.2, 0.25) is 0 Å². The quantitative estimate of drug-likeness (QED) is 0.739. The van der Waals surface area contributed by atoms with Crippen LogP contribution in [0.5, 0.6) is 0 Å². The van der Waals surface area contributed by atoms with Gasteiger partial charge in [-0.05, 0) is 6.92 Å². The Labute approximate surface area is 116 Å². The van der Waals surface area contributed by atoms with Crippen molar-refractivity contribution in [1.82, 2.24) is 20.2 Å². The largest absolute Gasteiger partial charge is 0.481 e. The molecular weight excluding hydrogens is 264 g/mol. The summed E-state index contributed by atoms with van der Waals surface area (Å²) in [6.45, 7) is 2.85. The van der Waals surface area contributed by atoms with E-state index in [9.17, 15) is 9.59 Å². The number of H-pyrrole nitrogens is 1. The number of amides is 2. The van der Waals surface area contributed by atoms with Gasteiger partial charge in [-0.15, -0.1) is 0 Å². The number of ether oxygens (including phenoxy) is 1. The molecule has 20 heavy (non-hydrogen) atoms. The molecular formula is C12H18N4O4. The molecule has 2 heterocycles. The first-order valence-corrected chi connectivity index (χ1v) is 6.44. The first-order chi connectivity index (χ1) is 9.58. The first-order valence-electron chi connectivity index (χ1n) is 6.44. The van der Waals surface area contributed by atoms with Gasteiger partial charge in [0.25, 0.3) is 0 Å². The van der Waals surface area contributed by atoms with E-state index in [1.54, 1.807) is 12.4 Å². The first kappa shape index (κ1) is 14.3. The van der Waals surface area contributed by atoms with Gasteiger partial charge in [0.05, 0.1) is 31.7 Å². The lowest BCUT2D eigenvalue weighted by Crippen LogP contribution is -2.53. The molecule has 0 saturated carbocycles. The molecule has 1 aromatic rings. The molecule has 0 spiro atoms. The summed E-state index contributed by atoms with van der Waals surface area (Å²) in [5.41, 5.74) is 0. The maximum atomic E-state index is 12.2. The van der Waals surface area contributed by atoms with Gasteiger partial charge < -0.3 is 25.0 Å². The minimum Gasteiger partial charge on any atom is -0.481 e. The van der Waals surface area contributed by atoms with Gasteiger partial charge in [-0.3, -0.25) is 4.79 Å². The Kier molecular flexibility index (Phi) is 4.57. The zero-order valence-corrected chi connectivity index (χ0v) is 11.2. The third-order valence-electron chi connectivity index (χ3n) is 3.17. The van der Waals surface area contributed by atoms with Crippen LogP contribution in [0.4, 0.5) is 4.79 Å². The summed E-state index contributed by atoms with van der Waals surface area (Å²) in [7, 11) is 0. The fourth-order valence-corrected chi connectivity index (χ4v) is 2.14. The number of hydrogen-bond acceptors (Lipinski definition) is 4. The lowest BCUT2D eigenvalue weighted by molar-refractivity contribution is -0.139. The van der Waals surface area contributed by atoms with E-state index in [1.807, 2.05) is 6.92 Å². The minimum absolute atomic E-state index is 0.122. The van der Waals surface area contributed by atoms with Gasteiger partial charge in [-0.1, -0.05) is 0 Å². The van der Waals surface area contributed by atoms with E-state index in [4.69, 9.17) is 9.84 Å². The highest BCUT2D eigenvalue weighted by Crippen LogP contribution is 2.13. The Hall–Kier alpha value is -2.09. The minimum atomic E-state index is -0.947. The number of carbonyl (C=O) groups is 2. The number of aliphatic carboxylic acids is 1. The molecule has 1 aliphatic rings. The van der Waals surface area contributed by atoms with Crippen molar-refractivity contribution in [1.29, 1.82) is 0 Å². The van der Waals surface area contributed by atoms with Crippen LogP contribution in [0.3, 0.4) is 0 Å². The van der Waals surface area contributed by atoms with Gasteiger partial charge in [0.1, 0.15) is 5.82 Å². The lowest BCUT2D eigenvalue weighted by atomic mass is 10.1. The van der Waals surface area contributed by atoms with Crippen molar-refractivity contribution in [2.24, 2.45) is 0 Å². The molecule has 1 fully saturated rings. The van der Waals surface area contributed by atoms with Gasteiger partial charge in [0, 0.05) is 18.9 Å². The number of imidazole rings is 1. The summed E-state index contributed by atoms with van der Waals surface area (Å²) in [5.74, 6) is -0.293. The summed E-state index contributed by atoms with van der Waals surface area (Å²) < 4.78 is 5.24. The SMILES string of the molecule is CC(NC(=O)N1CCOCC1CC(=O)O)c1ncc[nH]1. The van der Waals surface area contributed by atoms with Gasteiger partial charge in [-0.25, -0.2) is 9.78 Å². The number of carboxylic acids is 1. The lowest BCUT2D eigenvalue weighted by Gasteiger charge is -2.35. The molecule has 2 amide bonds. The molecule has 3 N–H and O–H groups in total. The van der Waals surface area contributed by atoms with Crippen molar-refractivity contribution in [3.05, 3.63) is 18.2 Å². The second-order valence-electron chi connectivity index (χ2n) is 4.67. The Balaban J connectivity index is 1.97. The number of urea groups is 1. The number of carboxylic acid groups (broad SMARTS) is 1. The molecule has 0 aromatic carbocycles. The van der Waals surface area contributed by atoms with Crippen LogP contribution in [0.25, 0.3) is 0 Å². The number of carbonyl (C=O) groups excluding carboxylic acids is 1. The van der Waals surface area contributed by atoms with Crippen LogP contribution in [-0.2, 0) is 9.53 Å². The van der Waals surface area contributed by atoms with Crippen LogP contribution in [-0.4, -0.2) is 57.8 Å². The molecule has 1 saturated heterocycles. The van der Waals surface area contributed by atoms with Crippen molar-refractivity contribution >= 4 is 12.0 Å². The van der Waals surface area contributed by atoms with Crippen LogP contribution in [0.15, 0.2) is 12.4 Å². The Morgan fingerprint density at radius 2 is 2.50 bits per heavy atom. The molecule has 110 valence electrons. The standard InChI is InChI=1S/C12H18N4O4/c1-8(11-13-2-3-14-11)15-12(19)16-4-5-20-7-9(16)6-10(17)18/h2-3,8-9H,4-7H2,1H3,(H,13,14)(H,15,19)(H,17,18). The Bertz CT molecular complexity index is 462. The average molecular weight is 282 g/mol. The molecule has 0 bridgehead atoms. The predicted octanol–water partition coefficient (Wildman–Crippen LogP) is 0.356. The Morgan fingerprint density at radius 3 is 3.15 bits per heavy atom. The van der Waals surface area contributed by atoms with Crippen molar-refractivity contribution in [3.8, 4) is 0 Å². The third kappa shape index (κ3) is 3.47. The van der Waals surface area contributed by atoms with Gasteiger partial charge in [0.2, 0.25) is 0 Å². The van der Waals surface area contributed by atoms with E-state index in [0.29, 0.717) is 19.0 Å². The van der Waals surface area contributed by atoms with Crippen LogP contribution >= 0.6 is 0 Å². The van der Waals surface area contributed by atoms with Crippen molar-refractivity contribution in [3.63, 3.8) is 0 Å². The number of nitrogens with one attached hydrogen (secondary N) is 2. The number of nitrogens with zero attached hydrogens (tertiary/aromatic N) is 2. The maximum Gasteiger partial charge on any atom is 0.318 e. The molecule has 2 atom stereocenters. The number of aromatic nitrogens is 2. The molecule has 0 radical (unpaired) electrons. The molecule has 8 nitrogen and oxygen atoms in total. The molecule has 2 rings (SSSR count). The fraction of sp³-hybridized carbons (Fsp3) is 0.583. The predicted molar refractivity (Wildman–Crippen MR) is 69.1 cm³/mol. The highest BCUT2D eigenvalue weighted by Gasteiger charge is 2.30. The third-order valence-corrected chi connectivity index (χ3v) is 3.17. The normalized spacial score (nSPS) is 20.4. The molecule has 0 aliphatic carbocycles. The number of hydrogen-bond donors (Lipinski definition) is 3. The van der Waals surface area contributed by atoms with E-state index < -0.39 is 12.0 Å². The second-order valence-corrected chi connectivity index (χ2v) is 4.67. The highest BCUT2D eigenvalue weighted by atomic mass is 16.5. The smallest absolute Gasteiger partial charge is 0.318 e. The number of aromatic amines is 1. The summed E-state index contributed by atoms with van der Waals surface area (Å²) in [4.78, 5) is 31.5. The summed E-state index contributed by atoms with van der Waals surface area (Å²) in [6.07, 6.45) is 3.17. The zero-order valence-electron chi connectivity index (χ0n) is 11.2. The van der Waals surface area contributed by atoms with Crippen LogP contribution in [0.1, 0.15) is 25.2 Å². The van der Waals surface area contributed by atoms with Crippen molar-refractivity contribution in [2.75, 3.05) is 19.8 Å². The zero-order chi connectivity index (χ0) is 14.5. The number of rotatable bonds is 4. The van der Waals surface area contributed by atoms with Crippen LogP contribution in [0, 0.1) is 0 Å². The Morgan fingerprint density at radius 1 is 1.70 bits per heavy atom. The average Bonchev–Trinajstić information content (AvgIpc) is 2.92. The van der Waals surface area contributed by atoms with Crippen molar-refractivity contribution in [2.45, 2.75) is 25.4 Å². The highest BCUT2D eigenvalue weighted by molar-refractivity contribution is 5.76. The molecule has 2 unspecified atom stereocenters. The second kappa shape index (κ2) is 6.38.